The van der Waals surface area contributed by atoms with Crippen LogP contribution in [-0.2, 0) is 0 Å². The maximum absolute atomic E-state index is 13.6. The number of halogens is 3. The predicted molar refractivity (Wildman–Crippen MR) is 96.9 cm³/mol. The summed E-state index contributed by atoms with van der Waals surface area (Å²) in [5.74, 6) is -1.45. The molecule has 0 bridgehead atoms. The summed E-state index contributed by atoms with van der Waals surface area (Å²) in [6.45, 7) is -2.27. The SMILES string of the molecule is CSc1ccc(C(=O)CC(CF)(CF)CC(=O)c2ccc(F)cc2)cc1. The molecule has 2 rings (SSSR count). The predicted octanol–water partition coefficient (Wildman–Crippen LogP) is 5.32. The maximum atomic E-state index is 13.6. The van der Waals surface area contributed by atoms with Gasteiger partial charge in [0.25, 0.3) is 0 Å². The van der Waals surface area contributed by atoms with E-state index >= 15 is 0 Å². The summed E-state index contributed by atoms with van der Waals surface area (Å²) in [5, 5.41) is 0. The average molecular weight is 380 g/mol. The van der Waals surface area contributed by atoms with E-state index in [1.54, 1.807) is 24.3 Å². The molecule has 0 atom stereocenters. The number of hydrogen-bond acceptors (Lipinski definition) is 3. The van der Waals surface area contributed by atoms with Crippen LogP contribution in [0.5, 0.6) is 0 Å². The van der Waals surface area contributed by atoms with Gasteiger partial charge in [-0.25, -0.2) is 4.39 Å². The van der Waals surface area contributed by atoms with Gasteiger partial charge in [-0.2, -0.15) is 0 Å². The molecule has 0 spiro atoms. The number of carbonyl (C=O) groups excluding carboxylic acids is 2. The molecule has 0 N–H and O–H groups in total. The summed E-state index contributed by atoms with van der Waals surface area (Å²) in [6.07, 6.45) is 1.03. The summed E-state index contributed by atoms with van der Waals surface area (Å²) < 4.78 is 40.2. The lowest BCUT2D eigenvalue weighted by molar-refractivity contribution is 0.0710. The monoisotopic (exact) mass is 380 g/mol. The minimum atomic E-state index is -1.71. The Morgan fingerprint density at radius 2 is 1.27 bits per heavy atom. The molecule has 26 heavy (non-hydrogen) atoms. The molecule has 138 valence electrons. The first kappa shape index (κ1) is 20.2. The minimum absolute atomic E-state index is 0.162. The van der Waals surface area contributed by atoms with Gasteiger partial charge in [0.15, 0.2) is 11.6 Å². The lowest BCUT2D eigenvalue weighted by atomic mass is 9.78. The topological polar surface area (TPSA) is 34.1 Å². The Morgan fingerprint density at radius 3 is 1.65 bits per heavy atom. The van der Waals surface area contributed by atoms with Crippen molar-refractivity contribution < 1.29 is 22.8 Å². The number of thioether (sulfide) groups is 1. The summed E-state index contributed by atoms with van der Waals surface area (Å²) in [7, 11) is 0. The first-order chi connectivity index (χ1) is 12.4. The van der Waals surface area contributed by atoms with E-state index in [0.717, 1.165) is 17.0 Å². The quantitative estimate of drug-likeness (QED) is 0.436. The molecule has 2 aromatic rings. The molecule has 0 aliphatic rings. The van der Waals surface area contributed by atoms with Gasteiger partial charge in [-0.1, -0.05) is 12.1 Å². The number of ketones is 2. The van der Waals surface area contributed by atoms with Crippen LogP contribution in [0, 0.1) is 11.2 Å². The van der Waals surface area contributed by atoms with Crippen LogP contribution in [0.25, 0.3) is 0 Å². The van der Waals surface area contributed by atoms with E-state index in [-0.39, 0.29) is 5.56 Å². The molecule has 2 aromatic carbocycles. The normalized spacial score (nSPS) is 11.4. The van der Waals surface area contributed by atoms with E-state index in [1.807, 2.05) is 6.26 Å². The molecule has 0 unspecified atom stereocenters. The van der Waals surface area contributed by atoms with Crippen molar-refractivity contribution in [2.75, 3.05) is 19.6 Å². The number of carbonyl (C=O) groups is 2. The Hall–Kier alpha value is -2.08. The van der Waals surface area contributed by atoms with Gasteiger partial charge in [0, 0.05) is 34.3 Å². The van der Waals surface area contributed by atoms with Crippen LogP contribution in [0.1, 0.15) is 33.6 Å². The van der Waals surface area contributed by atoms with Gasteiger partial charge < -0.3 is 0 Å². The first-order valence-electron chi connectivity index (χ1n) is 8.01. The van der Waals surface area contributed by atoms with Gasteiger partial charge in [0.05, 0.1) is 13.3 Å². The Morgan fingerprint density at radius 1 is 0.846 bits per heavy atom. The highest BCUT2D eigenvalue weighted by molar-refractivity contribution is 7.98. The third-order valence-electron chi connectivity index (χ3n) is 4.22. The van der Waals surface area contributed by atoms with Crippen molar-refractivity contribution in [2.45, 2.75) is 17.7 Å². The Kier molecular flexibility index (Phi) is 7.03. The maximum Gasteiger partial charge on any atom is 0.163 e. The van der Waals surface area contributed by atoms with Crippen LogP contribution >= 0.6 is 11.8 Å². The second-order valence-electron chi connectivity index (χ2n) is 6.20. The number of Topliss-reactive ketones (excluding diaryl/α,β-unsaturated/α-hetero) is 2. The highest BCUT2D eigenvalue weighted by Crippen LogP contribution is 2.32. The van der Waals surface area contributed by atoms with Crippen LogP contribution in [-0.4, -0.2) is 31.2 Å². The molecule has 0 radical (unpaired) electrons. The van der Waals surface area contributed by atoms with Crippen molar-refractivity contribution in [3.63, 3.8) is 0 Å². The zero-order chi connectivity index (χ0) is 19.2. The van der Waals surface area contributed by atoms with E-state index in [1.165, 1.54) is 23.9 Å². The summed E-state index contributed by atoms with van der Waals surface area (Å²) in [4.78, 5) is 25.7. The second-order valence-corrected chi connectivity index (χ2v) is 7.08. The molecular weight excluding hydrogens is 361 g/mol. The fourth-order valence-corrected chi connectivity index (χ4v) is 2.99. The van der Waals surface area contributed by atoms with Crippen molar-refractivity contribution in [2.24, 2.45) is 5.41 Å². The molecule has 0 saturated heterocycles. The number of alkyl halides is 2. The van der Waals surface area contributed by atoms with Crippen LogP contribution < -0.4 is 0 Å². The van der Waals surface area contributed by atoms with Gasteiger partial charge in [0.1, 0.15) is 5.82 Å². The molecule has 0 aliphatic carbocycles. The van der Waals surface area contributed by atoms with Crippen LogP contribution in [0.4, 0.5) is 13.2 Å². The van der Waals surface area contributed by atoms with Crippen molar-refractivity contribution in [3.05, 3.63) is 65.5 Å². The molecule has 6 heteroatoms. The van der Waals surface area contributed by atoms with E-state index in [4.69, 9.17) is 0 Å². The standard InChI is InChI=1S/C20H19F3O2S/c1-26-17-8-4-15(5-9-17)19(25)11-20(12-21,13-22)10-18(24)14-2-6-16(23)7-3-14/h2-9H,10-13H2,1H3. The molecular formula is C20H19F3O2S. The highest BCUT2D eigenvalue weighted by atomic mass is 32.2. The highest BCUT2D eigenvalue weighted by Gasteiger charge is 2.36. The summed E-state index contributed by atoms with van der Waals surface area (Å²) in [6, 6.07) is 11.5. The van der Waals surface area contributed by atoms with E-state index in [2.05, 4.69) is 0 Å². The fraction of sp³-hybridized carbons (Fsp3) is 0.300. The molecule has 0 aliphatic heterocycles. The van der Waals surface area contributed by atoms with Crippen LogP contribution in [0.2, 0.25) is 0 Å². The number of rotatable bonds is 9. The van der Waals surface area contributed by atoms with E-state index in [0.29, 0.717) is 5.56 Å². The molecule has 0 fully saturated rings. The number of hydrogen-bond donors (Lipinski definition) is 0. The Bertz CT molecular complexity index is 754. The molecule has 0 amide bonds. The van der Waals surface area contributed by atoms with Crippen LogP contribution in [0.15, 0.2) is 53.4 Å². The summed E-state index contributed by atoms with van der Waals surface area (Å²) >= 11 is 1.52. The average Bonchev–Trinajstić information content (AvgIpc) is 2.67. The molecule has 0 heterocycles. The lowest BCUT2D eigenvalue weighted by Crippen LogP contribution is -2.32. The van der Waals surface area contributed by atoms with Gasteiger partial charge in [-0.3, -0.25) is 18.4 Å². The van der Waals surface area contributed by atoms with Gasteiger partial charge >= 0.3 is 0 Å². The zero-order valence-electron chi connectivity index (χ0n) is 14.3. The van der Waals surface area contributed by atoms with Crippen molar-refractivity contribution in [3.8, 4) is 0 Å². The van der Waals surface area contributed by atoms with E-state index in [9.17, 15) is 22.8 Å². The Labute approximate surface area is 154 Å². The third kappa shape index (κ3) is 4.97. The van der Waals surface area contributed by atoms with Crippen LogP contribution in [0.3, 0.4) is 0 Å². The summed E-state index contributed by atoms with van der Waals surface area (Å²) in [5.41, 5.74) is -1.20. The Balaban J connectivity index is 2.15. The molecule has 2 nitrogen and oxygen atoms in total. The van der Waals surface area contributed by atoms with Crippen molar-refractivity contribution >= 4 is 23.3 Å². The molecule has 0 saturated carbocycles. The van der Waals surface area contributed by atoms with Gasteiger partial charge in [-0.05, 0) is 42.7 Å². The second kappa shape index (κ2) is 9.03. The van der Waals surface area contributed by atoms with Gasteiger partial charge in [0.2, 0.25) is 0 Å². The van der Waals surface area contributed by atoms with Crippen molar-refractivity contribution in [1.29, 1.82) is 0 Å². The lowest BCUT2D eigenvalue weighted by Gasteiger charge is -2.26. The van der Waals surface area contributed by atoms with Gasteiger partial charge in [-0.15, -0.1) is 11.8 Å². The van der Waals surface area contributed by atoms with Crippen molar-refractivity contribution in [1.82, 2.24) is 0 Å². The minimum Gasteiger partial charge on any atom is -0.294 e. The largest absolute Gasteiger partial charge is 0.294 e. The third-order valence-corrected chi connectivity index (χ3v) is 4.96. The van der Waals surface area contributed by atoms with E-state index < -0.39 is 49.0 Å². The fourth-order valence-electron chi connectivity index (χ4n) is 2.59. The molecule has 0 aromatic heterocycles. The zero-order valence-corrected chi connectivity index (χ0v) is 15.1. The number of benzene rings is 2. The first-order valence-corrected chi connectivity index (χ1v) is 9.23. The smallest absolute Gasteiger partial charge is 0.163 e.